The second-order valence-corrected chi connectivity index (χ2v) is 10.3. The van der Waals surface area contributed by atoms with Crippen LogP contribution in [-0.2, 0) is 21.0 Å². The molecule has 0 saturated heterocycles. The molecule has 0 aliphatic carbocycles. The van der Waals surface area contributed by atoms with Crippen LogP contribution in [0.5, 0.6) is 0 Å². The number of benzene rings is 3. The number of hydrogen-bond donors (Lipinski definition) is 0. The third-order valence-corrected chi connectivity index (χ3v) is 8.59. The standard InChI is InChI=1S/C20H14ClN3O8S2/c1-13(25)15-11-10-14(12-16(15)21)24(33(30)19-8-4-2-6-17(19)22(26)27)34(31,32)20-9-5-3-7-18(20)23(28)29/h2-12H,1H3. The summed E-state index contributed by atoms with van der Waals surface area (Å²) in [6.45, 7) is 1.23. The number of halogens is 1. The van der Waals surface area contributed by atoms with Gasteiger partial charge in [-0.2, -0.15) is 12.1 Å². The summed E-state index contributed by atoms with van der Waals surface area (Å²) in [5.41, 5.74) is -1.71. The summed E-state index contributed by atoms with van der Waals surface area (Å²) in [4.78, 5) is 31.7. The second-order valence-electron chi connectivity index (χ2n) is 6.65. The number of Topliss-reactive ketones (excluding diaryl/α,β-unsaturated/α-hetero) is 1. The van der Waals surface area contributed by atoms with E-state index in [1.807, 2.05) is 0 Å². The number of rotatable bonds is 8. The van der Waals surface area contributed by atoms with Crippen LogP contribution in [0.1, 0.15) is 17.3 Å². The Balaban J connectivity index is 2.33. The molecule has 14 heteroatoms. The number of sulfonamides is 1. The molecule has 3 aromatic rings. The largest absolute Gasteiger partial charge is 0.294 e. The third-order valence-electron chi connectivity index (χ3n) is 4.50. The molecule has 3 aromatic carbocycles. The Morgan fingerprint density at radius 2 is 1.50 bits per heavy atom. The molecule has 0 spiro atoms. The molecule has 34 heavy (non-hydrogen) atoms. The third kappa shape index (κ3) is 4.66. The summed E-state index contributed by atoms with van der Waals surface area (Å²) in [5, 5.41) is 22.8. The van der Waals surface area contributed by atoms with E-state index in [4.69, 9.17) is 11.6 Å². The highest BCUT2D eigenvalue weighted by molar-refractivity contribution is 8.07. The minimum absolute atomic E-state index is 0.0462. The molecule has 0 aliphatic rings. The molecule has 0 bridgehead atoms. The van der Waals surface area contributed by atoms with Gasteiger partial charge in [-0.05, 0) is 37.3 Å². The highest BCUT2D eigenvalue weighted by atomic mass is 35.5. The Bertz CT molecular complexity index is 1460. The number of carbonyl (C=O) groups is 1. The van der Waals surface area contributed by atoms with Crippen molar-refractivity contribution in [2.24, 2.45) is 0 Å². The van der Waals surface area contributed by atoms with Crippen LogP contribution in [0.3, 0.4) is 0 Å². The number of para-hydroxylation sites is 2. The van der Waals surface area contributed by atoms with Crippen LogP contribution in [0, 0.1) is 20.2 Å². The maximum Gasteiger partial charge on any atom is 0.289 e. The lowest BCUT2D eigenvalue weighted by Gasteiger charge is -2.23. The fraction of sp³-hybridized carbons (Fsp3) is 0.0500. The summed E-state index contributed by atoms with van der Waals surface area (Å²) in [7, 11) is -7.73. The first-order chi connectivity index (χ1) is 16.0. The van der Waals surface area contributed by atoms with Gasteiger partial charge in [0.15, 0.2) is 21.7 Å². The van der Waals surface area contributed by atoms with Gasteiger partial charge in [0.05, 0.1) is 20.6 Å². The van der Waals surface area contributed by atoms with Crippen LogP contribution in [0.2, 0.25) is 5.02 Å². The second kappa shape index (κ2) is 9.67. The monoisotopic (exact) mass is 523 g/mol. The van der Waals surface area contributed by atoms with E-state index in [2.05, 4.69) is 0 Å². The Morgan fingerprint density at radius 3 is 2.06 bits per heavy atom. The molecule has 11 nitrogen and oxygen atoms in total. The molecular weight excluding hydrogens is 510 g/mol. The summed E-state index contributed by atoms with van der Waals surface area (Å²) >= 11 is 6.12. The first-order valence-corrected chi connectivity index (χ1v) is 12.1. The smallest absolute Gasteiger partial charge is 0.289 e. The van der Waals surface area contributed by atoms with E-state index in [1.54, 1.807) is 0 Å². The maximum absolute atomic E-state index is 13.6. The summed E-state index contributed by atoms with van der Waals surface area (Å²) < 4.78 is 41.1. The van der Waals surface area contributed by atoms with Crippen LogP contribution < -0.4 is 3.71 Å². The van der Waals surface area contributed by atoms with Crippen LogP contribution in [0.25, 0.3) is 0 Å². The lowest BCUT2D eigenvalue weighted by molar-refractivity contribution is -0.387. The Morgan fingerprint density at radius 1 is 0.941 bits per heavy atom. The van der Waals surface area contributed by atoms with Crippen LogP contribution in [0.4, 0.5) is 17.1 Å². The van der Waals surface area contributed by atoms with Gasteiger partial charge in [-0.1, -0.05) is 35.9 Å². The molecule has 0 radical (unpaired) electrons. The molecule has 0 fully saturated rings. The Kier molecular flexibility index (Phi) is 7.09. The van der Waals surface area contributed by atoms with Crippen LogP contribution in [0.15, 0.2) is 76.5 Å². The van der Waals surface area contributed by atoms with Crippen molar-refractivity contribution in [3.8, 4) is 0 Å². The number of nitro benzene ring substituents is 2. The molecule has 176 valence electrons. The molecule has 3 rings (SSSR count). The van der Waals surface area contributed by atoms with Crippen molar-refractivity contribution in [2.75, 3.05) is 3.71 Å². The maximum atomic E-state index is 13.6. The van der Waals surface area contributed by atoms with Crippen molar-refractivity contribution in [3.63, 3.8) is 0 Å². The van der Waals surface area contributed by atoms with Gasteiger partial charge in [0.1, 0.15) is 4.90 Å². The SMILES string of the molecule is CC(=O)c1ccc(N(S(=O)c2ccccc2[N+](=O)[O-])S(=O)(=O)c2ccccc2[N+](=O)[O-])cc1Cl. The van der Waals surface area contributed by atoms with E-state index in [-0.39, 0.29) is 16.3 Å². The molecule has 0 aromatic heterocycles. The number of nitro groups is 2. The average molecular weight is 524 g/mol. The van der Waals surface area contributed by atoms with Crippen molar-refractivity contribution in [1.82, 2.24) is 0 Å². The highest BCUT2D eigenvalue weighted by Crippen LogP contribution is 2.36. The molecule has 0 heterocycles. The predicted molar refractivity (Wildman–Crippen MR) is 124 cm³/mol. The summed E-state index contributed by atoms with van der Waals surface area (Å²) in [5.74, 6) is -0.426. The van der Waals surface area contributed by atoms with E-state index in [1.165, 1.54) is 37.3 Å². The fourth-order valence-electron chi connectivity index (χ4n) is 2.99. The van der Waals surface area contributed by atoms with E-state index < -0.39 is 57.8 Å². The zero-order valence-electron chi connectivity index (χ0n) is 17.2. The van der Waals surface area contributed by atoms with Gasteiger partial charge in [0.25, 0.3) is 21.4 Å². The Labute approximate surface area is 200 Å². The highest BCUT2D eigenvalue weighted by Gasteiger charge is 2.38. The zero-order valence-corrected chi connectivity index (χ0v) is 19.5. The van der Waals surface area contributed by atoms with E-state index >= 15 is 0 Å². The summed E-state index contributed by atoms with van der Waals surface area (Å²) in [6.07, 6.45) is 0. The number of anilines is 1. The fourth-order valence-corrected chi connectivity index (χ4v) is 6.72. The van der Waals surface area contributed by atoms with E-state index in [0.717, 1.165) is 36.4 Å². The molecule has 1 unspecified atom stereocenters. The van der Waals surface area contributed by atoms with Gasteiger partial charge < -0.3 is 0 Å². The van der Waals surface area contributed by atoms with Crippen molar-refractivity contribution in [3.05, 3.63) is 97.5 Å². The molecule has 0 aliphatic heterocycles. The molecule has 0 amide bonds. The number of carbonyl (C=O) groups excluding carboxylic acids is 1. The molecule has 1 atom stereocenters. The summed E-state index contributed by atoms with van der Waals surface area (Å²) in [6, 6.07) is 12.5. The molecule has 0 saturated carbocycles. The Hall–Kier alpha value is -3.68. The van der Waals surface area contributed by atoms with Crippen LogP contribution in [-0.4, -0.2) is 28.3 Å². The first-order valence-electron chi connectivity index (χ1n) is 9.21. The van der Waals surface area contributed by atoms with Crippen molar-refractivity contribution >= 4 is 55.5 Å². The minimum Gasteiger partial charge on any atom is -0.294 e. The molecular formula is C20H14ClN3O8S2. The topological polar surface area (TPSA) is 158 Å². The van der Waals surface area contributed by atoms with Gasteiger partial charge in [-0.15, -0.1) is 0 Å². The van der Waals surface area contributed by atoms with Crippen LogP contribution >= 0.6 is 11.6 Å². The quantitative estimate of drug-likeness (QED) is 0.240. The van der Waals surface area contributed by atoms with Crippen molar-refractivity contribution in [2.45, 2.75) is 16.7 Å². The lowest BCUT2D eigenvalue weighted by atomic mass is 10.1. The van der Waals surface area contributed by atoms with Gasteiger partial charge in [0, 0.05) is 17.7 Å². The van der Waals surface area contributed by atoms with Crippen molar-refractivity contribution in [1.29, 1.82) is 0 Å². The average Bonchev–Trinajstić information content (AvgIpc) is 2.78. The van der Waals surface area contributed by atoms with Gasteiger partial charge in [0.2, 0.25) is 0 Å². The first kappa shape index (κ1) is 25.0. The number of nitrogens with zero attached hydrogens (tertiary/aromatic N) is 3. The molecule has 0 N–H and O–H groups in total. The van der Waals surface area contributed by atoms with Gasteiger partial charge in [-0.25, -0.2) is 4.21 Å². The zero-order chi connectivity index (χ0) is 25.2. The normalized spacial score (nSPS) is 12.1. The lowest BCUT2D eigenvalue weighted by Crippen LogP contribution is -2.33. The van der Waals surface area contributed by atoms with Gasteiger partial charge in [-0.3, -0.25) is 25.0 Å². The van der Waals surface area contributed by atoms with Crippen molar-refractivity contribution < 1.29 is 27.3 Å². The van der Waals surface area contributed by atoms with E-state index in [9.17, 15) is 37.6 Å². The number of hydrogen-bond acceptors (Lipinski definition) is 8. The predicted octanol–water partition coefficient (Wildman–Crippen LogP) is 4.28. The van der Waals surface area contributed by atoms with Gasteiger partial charge >= 0.3 is 0 Å². The van der Waals surface area contributed by atoms with E-state index in [0.29, 0.717) is 3.71 Å². The minimum atomic E-state index is -4.94. The number of ketones is 1.